The van der Waals surface area contributed by atoms with E-state index in [1.165, 1.54) is 12.0 Å². The van der Waals surface area contributed by atoms with Crippen LogP contribution in [0.4, 0.5) is 0 Å². The number of amides is 1. The predicted molar refractivity (Wildman–Crippen MR) is 75.1 cm³/mol. The number of hydrogen-bond donors (Lipinski definition) is 1. The molecule has 1 amide bonds. The zero-order chi connectivity index (χ0) is 15.4. The van der Waals surface area contributed by atoms with Crippen LogP contribution in [0.25, 0.3) is 0 Å². The van der Waals surface area contributed by atoms with Gasteiger partial charge in [0.05, 0.1) is 18.2 Å². The Balaban J connectivity index is 1.99. The van der Waals surface area contributed by atoms with Crippen LogP contribution in [0.15, 0.2) is 24.3 Å². The van der Waals surface area contributed by atoms with Crippen molar-refractivity contribution in [1.29, 1.82) is 0 Å². The molecule has 1 aliphatic heterocycles. The largest absolute Gasteiger partial charge is 0.482 e. The maximum atomic E-state index is 12.1. The number of para-hydroxylation sites is 1. The van der Waals surface area contributed by atoms with Crippen molar-refractivity contribution in [2.45, 2.75) is 18.6 Å². The Morgan fingerprint density at radius 1 is 1.43 bits per heavy atom. The molecule has 1 heterocycles. The second-order valence-electron chi connectivity index (χ2n) is 4.69. The van der Waals surface area contributed by atoms with Gasteiger partial charge < -0.3 is 19.5 Å². The number of rotatable bonds is 4. The molecule has 0 spiro atoms. The first-order chi connectivity index (χ1) is 10.0. The molecule has 0 aliphatic carbocycles. The summed E-state index contributed by atoms with van der Waals surface area (Å²) in [7, 11) is 1.25. The van der Waals surface area contributed by atoms with E-state index in [9.17, 15) is 14.7 Å². The third-order valence-electron chi connectivity index (χ3n) is 3.26. The van der Waals surface area contributed by atoms with Crippen LogP contribution in [0.3, 0.4) is 0 Å². The van der Waals surface area contributed by atoms with Crippen molar-refractivity contribution in [1.82, 2.24) is 4.90 Å². The number of methoxy groups -OCH3 is 1. The number of β-amino-alcohol motifs (C(OH)–C–C–N with tert-alkyl or cyclic N) is 1. The van der Waals surface area contributed by atoms with E-state index in [1.807, 2.05) is 0 Å². The van der Waals surface area contributed by atoms with Crippen LogP contribution in [0, 0.1) is 0 Å². The Morgan fingerprint density at radius 2 is 2.14 bits per heavy atom. The van der Waals surface area contributed by atoms with Crippen molar-refractivity contribution in [3.8, 4) is 5.75 Å². The van der Waals surface area contributed by atoms with Crippen LogP contribution in [-0.2, 0) is 14.3 Å². The van der Waals surface area contributed by atoms with Crippen LogP contribution in [0.1, 0.15) is 6.42 Å². The maximum Gasteiger partial charge on any atom is 0.328 e. The van der Waals surface area contributed by atoms with E-state index >= 15 is 0 Å². The minimum absolute atomic E-state index is 0.0878. The SMILES string of the molecule is COC(=O)C1CC(O)CN1C(=O)COc1ccccc1Cl. The van der Waals surface area contributed by atoms with Gasteiger partial charge in [-0.15, -0.1) is 0 Å². The molecule has 1 saturated heterocycles. The molecule has 7 heteroatoms. The number of benzene rings is 1. The molecule has 2 unspecified atom stereocenters. The second kappa shape index (κ2) is 6.78. The van der Waals surface area contributed by atoms with E-state index in [0.717, 1.165) is 0 Å². The van der Waals surface area contributed by atoms with Crippen LogP contribution in [0.2, 0.25) is 5.02 Å². The van der Waals surface area contributed by atoms with Crippen molar-refractivity contribution in [2.24, 2.45) is 0 Å². The standard InChI is InChI=1S/C14H16ClNO5/c1-20-14(19)11-6-9(17)7-16(11)13(18)8-21-12-5-3-2-4-10(12)15/h2-5,9,11,17H,6-8H2,1H3. The van der Waals surface area contributed by atoms with Gasteiger partial charge >= 0.3 is 5.97 Å². The first-order valence-corrected chi connectivity index (χ1v) is 6.83. The van der Waals surface area contributed by atoms with Gasteiger partial charge in [-0.25, -0.2) is 4.79 Å². The van der Waals surface area contributed by atoms with E-state index in [1.54, 1.807) is 24.3 Å². The number of ether oxygens (including phenoxy) is 2. The number of esters is 1. The van der Waals surface area contributed by atoms with E-state index < -0.39 is 24.0 Å². The summed E-state index contributed by atoms with van der Waals surface area (Å²) in [6, 6.07) is 6.01. The molecule has 1 aromatic rings. The fraction of sp³-hybridized carbons (Fsp3) is 0.429. The number of aliphatic hydroxyl groups excluding tert-OH is 1. The highest BCUT2D eigenvalue weighted by Gasteiger charge is 2.39. The summed E-state index contributed by atoms with van der Waals surface area (Å²) < 4.78 is 9.99. The molecule has 2 rings (SSSR count). The van der Waals surface area contributed by atoms with Gasteiger partial charge in [0.25, 0.3) is 5.91 Å². The quantitative estimate of drug-likeness (QED) is 0.834. The van der Waals surface area contributed by atoms with Gasteiger partial charge in [-0.2, -0.15) is 0 Å². The summed E-state index contributed by atoms with van der Waals surface area (Å²) in [6.45, 7) is -0.172. The molecule has 1 fully saturated rings. The molecule has 21 heavy (non-hydrogen) atoms. The average Bonchev–Trinajstić information content (AvgIpc) is 2.87. The molecule has 114 valence electrons. The lowest BCUT2D eigenvalue weighted by Gasteiger charge is -2.22. The zero-order valence-corrected chi connectivity index (χ0v) is 12.2. The zero-order valence-electron chi connectivity index (χ0n) is 11.5. The monoisotopic (exact) mass is 313 g/mol. The number of carbonyl (C=O) groups excluding carboxylic acids is 2. The highest BCUT2D eigenvalue weighted by molar-refractivity contribution is 6.32. The van der Waals surface area contributed by atoms with Crippen LogP contribution < -0.4 is 4.74 Å². The molecule has 0 aromatic heterocycles. The first kappa shape index (κ1) is 15.6. The van der Waals surface area contributed by atoms with E-state index in [4.69, 9.17) is 16.3 Å². The third-order valence-corrected chi connectivity index (χ3v) is 3.57. The van der Waals surface area contributed by atoms with Gasteiger partial charge in [0.2, 0.25) is 0 Å². The molecule has 6 nitrogen and oxygen atoms in total. The van der Waals surface area contributed by atoms with Crippen LogP contribution >= 0.6 is 11.6 Å². The summed E-state index contributed by atoms with van der Waals surface area (Å²) in [4.78, 5) is 25.0. The Hall–Kier alpha value is -1.79. The number of likely N-dealkylation sites (tertiary alicyclic amines) is 1. The van der Waals surface area contributed by atoms with E-state index in [-0.39, 0.29) is 19.6 Å². The fourth-order valence-corrected chi connectivity index (χ4v) is 2.42. The van der Waals surface area contributed by atoms with Crippen molar-refractivity contribution in [3.63, 3.8) is 0 Å². The lowest BCUT2D eigenvalue weighted by atomic mass is 10.2. The molecule has 0 radical (unpaired) electrons. The topological polar surface area (TPSA) is 76.1 Å². The molecule has 0 bridgehead atoms. The number of aliphatic hydroxyl groups is 1. The summed E-state index contributed by atoms with van der Waals surface area (Å²) in [6.07, 6.45) is -0.566. The molecule has 1 aromatic carbocycles. The fourth-order valence-electron chi connectivity index (χ4n) is 2.23. The Morgan fingerprint density at radius 3 is 2.81 bits per heavy atom. The van der Waals surface area contributed by atoms with E-state index in [2.05, 4.69) is 4.74 Å². The van der Waals surface area contributed by atoms with Crippen LogP contribution in [0.5, 0.6) is 5.75 Å². The molecule has 1 N–H and O–H groups in total. The number of halogens is 1. The number of hydrogen-bond acceptors (Lipinski definition) is 5. The molecule has 0 saturated carbocycles. The Bertz CT molecular complexity index is 536. The van der Waals surface area contributed by atoms with Gasteiger partial charge in [0, 0.05) is 13.0 Å². The minimum Gasteiger partial charge on any atom is -0.482 e. The Labute approximate surface area is 127 Å². The number of carbonyl (C=O) groups is 2. The van der Waals surface area contributed by atoms with Gasteiger partial charge in [0.1, 0.15) is 11.8 Å². The molecule has 2 atom stereocenters. The maximum absolute atomic E-state index is 12.1. The smallest absolute Gasteiger partial charge is 0.328 e. The second-order valence-corrected chi connectivity index (χ2v) is 5.10. The lowest BCUT2D eigenvalue weighted by molar-refractivity contribution is -0.151. The lowest BCUT2D eigenvalue weighted by Crippen LogP contribution is -2.43. The van der Waals surface area contributed by atoms with Gasteiger partial charge in [0.15, 0.2) is 6.61 Å². The normalized spacial score (nSPS) is 21.2. The summed E-state index contributed by atoms with van der Waals surface area (Å²) >= 11 is 5.93. The van der Waals surface area contributed by atoms with Crippen molar-refractivity contribution in [3.05, 3.63) is 29.3 Å². The average molecular weight is 314 g/mol. The van der Waals surface area contributed by atoms with Gasteiger partial charge in [-0.1, -0.05) is 23.7 Å². The molecular weight excluding hydrogens is 298 g/mol. The van der Waals surface area contributed by atoms with Crippen molar-refractivity contribution < 1.29 is 24.2 Å². The van der Waals surface area contributed by atoms with Crippen LogP contribution in [-0.4, -0.2) is 54.3 Å². The summed E-state index contributed by atoms with van der Waals surface area (Å²) in [5.74, 6) is -0.554. The van der Waals surface area contributed by atoms with E-state index in [0.29, 0.717) is 10.8 Å². The van der Waals surface area contributed by atoms with Gasteiger partial charge in [-0.3, -0.25) is 4.79 Å². The Kier molecular flexibility index (Phi) is 5.03. The summed E-state index contributed by atoms with van der Waals surface area (Å²) in [5.41, 5.74) is 0. The molecule has 1 aliphatic rings. The summed E-state index contributed by atoms with van der Waals surface area (Å²) in [5, 5.41) is 10.0. The third kappa shape index (κ3) is 3.65. The predicted octanol–water partition coefficient (Wildman–Crippen LogP) is 0.854. The highest BCUT2D eigenvalue weighted by Crippen LogP contribution is 2.24. The highest BCUT2D eigenvalue weighted by atomic mass is 35.5. The minimum atomic E-state index is -0.771. The van der Waals surface area contributed by atoms with Crippen molar-refractivity contribution >= 4 is 23.5 Å². The number of nitrogens with zero attached hydrogens (tertiary/aromatic N) is 1. The van der Waals surface area contributed by atoms with Crippen molar-refractivity contribution in [2.75, 3.05) is 20.3 Å². The van der Waals surface area contributed by atoms with Gasteiger partial charge in [-0.05, 0) is 12.1 Å². The molecular formula is C14H16ClNO5. The first-order valence-electron chi connectivity index (χ1n) is 6.45.